The standard InChI is InChI=1S/C17H17N3OS/c21-15(12-6-3-9-18-12)11-20-10-4-7-14(20)17-19-13-5-1-2-8-16(13)22-17/h1-3,5-6,8-9,14,18H,4,7,10-11H2/t14-/m0/s1. The maximum Gasteiger partial charge on any atom is 0.192 e. The zero-order valence-corrected chi connectivity index (χ0v) is 13.0. The molecule has 3 aromatic rings. The van der Waals surface area contributed by atoms with Crippen molar-refractivity contribution in [3.05, 3.63) is 53.3 Å². The summed E-state index contributed by atoms with van der Waals surface area (Å²) in [5.41, 5.74) is 1.75. The lowest BCUT2D eigenvalue weighted by molar-refractivity contribution is 0.0917. The lowest BCUT2D eigenvalue weighted by atomic mass is 10.2. The van der Waals surface area contributed by atoms with Crippen molar-refractivity contribution in [2.75, 3.05) is 13.1 Å². The fourth-order valence-electron chi connectivity index (χ4n) is 3.10. The molecule has 2 aromatic heterocycles. The molecule has 5 heteroatoms. The summed E-state index contributed by atoms with van der Waals surface area (Å²) in [4.78, 5) is 22.4. The van der Waals surface area contributed by atoms with Crippen LogP contribution in [0.1, 0.15) is 34.4 Å². The van der Waals surface area contributed by atoms with E-state index in [1.807, 2.05) is 24.3 Å². The fraction of sp³-hybridized carbons (Fsp3) is 0.294. The Kier molecular flexibility index (Phi) is 3.52. The Bertz CT molecular complexity index is 760. The van der Waals surface area contributed by atoms with Crippen molar-refractivity contribution in [2.45, 2.75) is 18.9 Å². The summed E-state index contributed by atoms with van der Waals surface area (Å²) < 4.78 is 1.22. The molecule has 0 spiro atoms. The van der Waals surface area contributed by atoms with Crippen LogP contribution in [0.5, 0.6) is 0 Å². The van der Waals surface area contributed by atoms with E-state index >= 15 is 0 Å². The molecule has 1 saturated heterocycles. The number of rotatable bonds is 4. The second-order valence-corrected chi connectivity index (χ2v) is 6.72. The number of nitrogens with zero attached hydrogens (tertiary/aromatic N) is 2. The Morgan fingerprint density at radius 3 is 3.05 bits per heavy atom. The van der Waals surface area contributed by atoms with Crippen LogP contribution in [-0.4, -0.2) is 33.7 Å². The first-order chi connectivity index (χ1) is 10.8. The Balaban J connectivity index is 1.56. The predicted octanol–water partition coefficient (Wildman–Crippen LogP) is 3.64. The Hall–Kier alpha value is -1.98. The summed E-state index contributed by atoms with van der Waals surface area (Å²) in [6.07, 6.45) is 4.00. The molecule has 4 nitrogen and oxygen atoms in total. The summed E-state index contributed by atoms with van der Waals surface area (Å²) in [6, 6.07) is 12.2. The van der Waals surface area contributed by atoms with Gasteiger partial charge in [-0.2, -0.15) is 0 Å². The Morgan fingerprint density at radius 1 is 1.32 bits per heavy atom. The average Bonchev–Trinajstić information content (AvgIpc) is 3.26. The predicted molar refractivity (Wildman–Crippen MR) is 88.3 cm³/mol. The smallest absolute Gasteiger partial charge is 0.192 e. The number of thiazole rings is 1. The highest BCUT2D eigenvalue weighted by atomic mass is 32.1. The van der Waals surface area contributed by atoms with Gasteiger partial charge < -0.3 is 4.98 Å². The summed E-state index contributed by atoms with van der Waals surface area (Å²) in [6.45, 7) is 1.42. The molecule has 0 radical (unpaired) electrons. The monoisotopic (exact) mass is 311 g/mol. The third-order valence-electron chi connectivity index (χ3n) is 4.20. The number of ketones is 1. The number of hydrogen-bond acceptors (Lipinski definition) is 4. The van der Waals surface area contributed by atoms with Crippen molar-refractivity contribution in [2.24, 2.45) is 0 Å². The topological polar surface area (TPSA) is 49.0 Å². The van der Waals surface area contributed by atoms with Crippen LogP contribution < -0.4 is 0 Å². The van der Waals surface area contributed by atoms with E-state index in [2.05, 4.69) is 22.0 Å². The van der Waals surface area contributed by atoms with Crippen molar-refractivity contribution in [1.29, 1.82) is 0 Å². The first kappa shape index (κ1) is 13.7. The van der Waals surface area contributed by atoms with E-state index in [4.69, 9.17) is 4.98 Å². The van der Waals surface area contributed by atoms with Crippen molar-refractivity contribution >= 4 is 27.3 Å². The number of fused-ring (bicyclic) bond motifs is 1. The van der Waals surface area contributed by atoms with E-state index in [9.17, 15) is 4.79 Å². The lowest BCUT2D eigenvalue weighted by Crippen LogP contribution is -2.29. The van der Waals surface area contributed by atoms with Crippen molar-refractivity contribution < 1.29 is 4.79 Å². The molecule has 1 aliphatic rings. The van der Waals surface area contributed by atoms with Gasteiger partial charge in [-0.05, 0) is 43.7 Å². The number of carbonyl (C=O) groups excluding carboxylic acids is 1. The number of hydrogen-bond donors (Lipinski definition) is 1. The number of nitrogens with one attached hydrogen (secondary N) is 1. The quantitative estimate of drug-likeness (QED) is 0.748. The lowest BCUT2D eigenvalue weighted by Gasteiger charge is -2.21. The second kappa shape index (κ2) is 5.66. The minimum atomic E-state index is 0.151. The highest BCUT2D eigenvalue weighted by Gasteiger charge is 2.30. The van der Waals surface area contributed by atoms with Crippen LogP contribution in [0.3, 0.4) is 0 Å². The number of benzene rings is 1. The maximum absolute atomic E-state index is 12.3. The van der Waals surface area contributed by atoms with Gasteiger partial charge in [0.25, 0.3) is 0 Å². The minimum absolute atomic E-state index is 0.151. The highest BCUT2D eigenvalue weighted by molar-refractivity contribution is 7.18. The fourth-order valence-corrected chi connectivity index (χ4v) is 4.24. The van der Waals surface area contributed by atoms with Gasteiger partial charge in [-0.25, -0.2) is 4.98 Å². The van der Waals surface area contributed by atoms with Crippen LogP contribution in [0, 0.1) is 0 Å². The molecule has 1 N–H and O–H groups in total. The number of H-pyrrole nitrogens is 1. The van der Waals surface area contributed by atoms with Gasteiger partial charge >= 0.3 is 0 Å². The third kappa shape index (κ3) is 2.46. The first-order valence-corrected chi connectivity index (χ1v) is 8.39. The van der Waals surface area contributed by atoms with Gasteiger partial charge in [-0.1, -0.05) is 12.1 Å². The number of likely N-dealkylation sites (tertiary alicyclic amines) is 1. The van der Waals surface area contributed by atoms with E-state index in [0.717, 1.165) is 29.9 Å². The Morgan fingerprint density at radius 2 is 2.23 bits per heavy atom. The van der Waals surface area contributed by atoms with Crippen LogP contribution in [0.4, 0.5) is 0 Å². The molecule has 4 rings (SSSR count). The first-order valence-electron chi connectivity index (χ1n) is 7.57. The molecule has 0 unspecified atom stereocenters. The second-order valence-electron chi connectivity index (χ2n) is 5.66. The van der Waals surface area contributed by atoms with Gasteiger partial charge in [0.1, 0.15) is 5.01 Å². The Labute approximate surface area is 132 Å². The number of Topliss-reactive ketones (excluding diaryl/α,β-unsaturated/α-hetero) is 1. The summed E-state index contributed by atoms with van der Waals surface area (Å²) in [7, 11) is 0. The number of aromatic amines is 1. The molecule has 112 valence electrons. The molecule has 1 aromatic carbocycles. The zero-order valence-electron chi connectivity index (χ0n) is 12.2. The maximum atomic E-state index is 12.3. The summed E-state index contributed by atoms with van der Waals surface area (Å²) in [5.74, 6) is 0.151. The van der Waals surface area contributed by atoms with Crippen LogP contribution >= 0.6 is 11.3 Å². The molecule has 0 amide bonds. The van der Waals surface area contributed by atoms with Crippen LogP contribution in [0.25, 0.3) is 10.2 Å². The molecule has 3 heterocycles. The van der Waals surface area contributed by atoms with Crippen molar-refractivity contribution in [1.82, 2.24) is 14.9 Å². The zero-order chi connectivity index (χ0) is 14.9. The molecule has 1 fully saturated rings. The number of para-hydroxylation sites is 1. The molecule has 1 aliphatic heterocycles. The largest absolute Gasteiger partial charge is 0.359 e. The normalized spacial score (nSPS) is 19.0. The van der Waals surface area contributed by atoms with Crippen molar-refractivity contribution in [3.63, 3.8) is 0 Å². The van der Waals surface area contributed by atoms with E-state index in [1.54, 1.807) is 17.5 Å². The number of aromatic nitrogens is 2. The van der Waals surface area contributed by atoms with Crippen molar-refractivity contribution in [3.8, 4) is 0 Å². The van der Waals surface area contributed by atoms with Gasteiger partial charge in [-0.3, -0.25) is 9.69 Å². The molecular weight excluding hydrogens is 294 g/mol. The van der Waals surface area contributed by atoms with E-state index < -0.39 is 0 Å². The molecular formula is C17H17N3OS. The van der Waals surface area contributed by atoms with Crippen LogP contribution in [0.15, 0.2) is 42.6 Å². The minimum Gasteiger partial charge on any atom is -0.359 e. The van der Waals surface area contributed by atoms with E-state index in [1.165, 1.54) is 4.70 Å². The molecule has 0 bridgehead atoms. The molecule has 0 saturated carbocycles. The average molecular weight is 311 g/mol. The van der Waals surface area contributed by atoms with E-state index in [0.29, 0.717) is 12.2 Å². The third-order valence-corrected chi connectivity index (χ3v) is 5.34. The molecule has 0 aliphatic carbocycles. The number of carbonyl (C=O) groups is 1. The summed E-state index contributed by atoms with van der Waals surface area (Å²) >= 11 is 1.75. The van der Waals surface area contributed by atoms with Crippen LogP contribution in [0.2, 0.25) is 0 Å². The highest BCUT2D eigenvalue weighted by Crippen LogP contribution is 2.36. The van der Waals surface area contributed by atoms with Gasteiger partial charge in [0.2, 0.25) is 0 Å². The van der Waals surface area contributed by atoms with Crippen LogP contribution in [-0.2, 0) is 0 Å². The molecule has 1 atom stereocenters. The molecule has 22 heavy (non-hydrogen) atoms. The SMILES string of the molecule is O=C(CN1CCC[C@H]1c1nc2ccccc2s1)c1ccc[nH]1. The van der Waals surface area contributed by atoms with Gasteiger partial charge in [0, 0.05) is 6.20 Å². The van der Waals surface area contributed by atoms with Gasteiger partial charge in [-0.15, -0.1) is 11.3 Å². The van der Waals surface area contributed by atoms with Gasteiger partial charge in [0.05, 0.1) is 28.5 Å². The summed E-state index contributed by atoms with van der Waals surface area (Å²) in [5, 5.41) is 1.14. The van der Waals surface area contributed by atoms with E-state index in [-0.39, 0.29) is 11.8 Å². The van der Waals surface area contributed by atoms with Gasteiger partial charge in [0.15, 0.2) is 5.78 Å².